The Bertz CT molecular complexity index is 785. The summed E-state index contributed by atoms with van der Waals surface area (Å²) in [5, 5.41) is 0. The molecule has 0 unspecified atom stereocenters. The van der Waals surface area contributed by atoms with Crippen LogP contribution >= 0.6 is 15.9 Å². The predicted molar refractivity (Wildman–Crippen MR) is 89.8 cm³/mol. The third-order valence-electron chi connectivity index (χ3n) is 3.20. The van der Waals surface area contributed by atoms with E-state index in [2.05, 4.69) is 32.0 Å². The third kappa shape index (κ3) is 2.81. The van der Waals surface area contributed by atoms with E-state index in [9.17, 15) is 0 Å². The Morgan fingerprint density at radius 2 is 1.62 bits per heavy atom. The van der Waals surface area contributed by atoms with Crippen molar-refractivity contribution in [1.82, 2.24) is 9.97 Å². The SMILES string of the molecule is Cc1cccc(-c2nc(N)c(Br)c(-c3ccccc3)n2)c1. The fourth-order valence-corrected chi connectivity index (χ4v) is 2.57. The molecule has 0 saturated heterocycles. The molecule has 3 nitrogen and oxygen atoms in total. The third-order valence-corrected chi connectivity index (χ3v) is 3.98. The summed E-state index contributed by atoms with van der Waals surface area (Å²) in [5.41, 5.74) is 9.98. The first-order chi connectivity index (χ1) is 10.1. The molecule has 2 N–H and O–H groups in total. The van der Waals surface area contributed by atoms with Gasteiger partial charge in [-0.2, -0.15) is 0 Å². The van der Waals surface area contributed by atoms with E-state index in [1.807, 2.05) is 55.5 Å². The highest BCUT2D eigenvalue weighted by Crippen LogP contribution is 2.32. The van der Waals surface area contributed by atoms with E-state index in [0.717, 1.165) is 21.3 Å². The molecule has 0 saturated carbocycles. The second-order valence-electron chi connectivity index (χ2n) is 4.83. The lowest BCUT2D eigenvalue weighted by atomic mass is 10.1. The van der Waals surface area contributed by atoms with Crippen molar-refractivity contribution in [2.45, 2.75) is 6.92 Å². The van der Waals surface area contributed by atoms with Crippen molar-refractivity contribution >= 4 is 21.7 Å². The fourth-order valence-electron chi connectivity index (χ4n) is 2.17. The Kier molecular flexibility index (Phi) is 3.71. The zero-order valence-electron chi connectivity index (χ0n) is 11.5. The van der Waals surface area contributed by atoms with Crippen LogP contribution in [0.2, 0.25) is 0 Å². The van der Waals surface area contributed by atoms with Crippen LogP contribution in [0.1, 0.15) is 5.56 Å². The Morgan fingerprint density at radius 1 is 0.905 bits per heavy atom. The van der Waals surface area contributed by atoms with E-state index >= 15 is 0 Å². The Balaban J connectivity index is 2.19. The van der Waals surface area contributed by atoms with Gasteiger partial charge in [-0.1, -0.05) is 54.1 Å². The van der Waals surface area contributed by atoms with Crippen LogP contribution in [0.15, 0.2) is 59.1 Å². The van der Waals surface area contributed by atoms with Crippen molar-refractivity contribution in [1.29, 1.82) is 0 Å². The van der Waals surface area contributed by atoms with Crippen molar-refractivity contribution in [3.8, 4) is 22.6 Å². The van der Waals surface area contributed by atoms with Crippen LogP contribution in [0, 0.1) is 6.92 Å². The molecule has 0 bridgehead atoms. The lowest BCUT2D eigenvalue weighted by molar-refractivity contribution is 1.17. The molecule has 0 amide bonds. The Morgan fingerprint density at radius 3 is 2.33 bits per heavy atom. The summed E-state index contributed by atoms with van der Waals surface area (Å²) >= 11 is 3.49. The number of hydrogen-bond acceptors (Lipinski definition) is 3. The molecule has 2 aromatic carbocycles. The maximum Gasteiger partial charge on any atom is 0.162 e. The number of rotatable bonds is 2. The number of aromatic nitrogens is 2. The summed E-state index contributed by atoms with van der Waals surface area (Å²) in [4.78, 5) is 9.07. The summed E-state index contributed by atoms with van der Waals surface area (Å²) in [6, 6.07) is 18.0. The highest BCUT2D eigenvalue weighted by Gasteiger charge is 2.13. The summed E-state index contributed by atoms with van der Waals surface area (Å²) < 4.78 is 0.727. The molecule has 1 heterocycles. The highest BCUT2D eigenvalue weighted by molar-refractivity contribution is 9.10. The molecule has 0 aliphatic carbocycles. The first-order valence-electron chi connectivity index (χ1n) is 6.60. The molecular formula is C17H14BrN3. The first-order valence-corrected chi connectivity index (χ1v) is 7.40. The van der Waals surface area contributed by atoms with Gasteiger partial charge in [0.2, 0.25) is 0 Å². The van der Waals surface area contributed by atoms with Gasteiger partial charge in [0.25, 0.3) is 0 Å². The van der Waals surface area contributed by atoms with Gasteiger partial charge in [-0.05, 0) is 28.9 Å². The zero-order valence-corrected chi connectivity index (χ0v) is 13.1. The molecule has 0 radical (unpaired) electrons. The minimum Gasteiger partial charge on any atom is -0.383 e. The van der Waals surface area contributed by atoms with Gasteiger partial charge < -0.3 is 5.73 Å². The molecule has 21 heavy (non-hydrogen) atoms. The molecule has 4 heteroatoms. The number of benzene rings is 2. The molecule has 104 valence electrons. The number of hydrogen-bond donors (Lipinski definition) is 1. The summed E-state index contributed by atoms with van der Waals surface area (Å²) in [6.45, 7) is 2.05. The molecule has 0 aliphatic heterocycles. The van der Waals surface area contributed by atoms with Gasteiger partial charge in [0.15, 0.2) is 5.82 Å². The van der Waals surface area contributed by atoms with Crippen LogP contribution in [-0.2, 0) is 0 Å². The van der Waals surface area contributed by atoms with Crippen molar-refractivity contribution in [3.05, 3.63) is 64.6 Å². The standard InChI is InChI=1S/C17H14BrN3/c1-11-6-5-9-13(10-11)17-20-15(14(18)16(19)21-17)12-7-3-2-4-8-12/h2-10H,1H3,(H2,19,20,21). The minimum absolute atomic E-state index is 0.445. The summed E-state index contributed by atoms with van der Waals surface area (Å²) in [7, 11) is 0. The van der Waals surface area contributed by atoms with Gasteiger partial charge in [-0.15, -0.1) is 0 Å². The van der Waals surface area contributed by atoms with Crippen molar-refractivity contribution < 1.29 is 0 Å². The smallest absolute Gasteiger partial charge is 0.162 e. The first kappa shape index (κ1) is 13.8. The molecule has 0 aliphatic rings. The average molecular weight is 340 g/mol. The topological polar surface area (TPSA) is 51.8 Å². The van der Waals surface area contributed by atoms with Gasteiger partial charge in [0.05, 0.1) is 10.2 Å². The molecule has 1 aromatic heterocycles. The monoisotopic (exact) mass is 339 g/mol. The van der Waals surface area contributed by atoms with E-state index in [1.54, 1.807) is 0 Å². The molecule has 0 fully saturated rings. The molecule has 3 rings (SSSR count). The van der Waals surface area contributed by atoms with Crippen LogP contribution < -0.4 is 5.73 Å². The molecular weight excluding hydrogens is 326 g/mol. The molecule has 0 spiro atoms. The fraction of sp³-hybridized carbons (Fsp3) is 0.0588. The number of nitrogens with two attached hydrogens (primary N) is 1. The minimum atomic E-state index is 0.445. The van der Waals surface area contributed by atoms with Gasteiger partial charge in [-0.3, -0.25) is 0 Å². The van der Waals surface area contributed by atoms with E-state index in [1.165, 1.54) is 5.56 Å². The zero-order chi connectivity index (χ0) is 14.8. The van der Waals surface area contributed by atoms with Crippen molar-refractivity contribution in [2.75, 3.05) is 5.73 Å². The number of nitrogens with zero attached hydrogens (tertiary/aromatic N) is 2. The van der Waals surface area contributed by atoms with Crippen LogP contribution in [0.5, 0.6) is 0 Å². The van der Waals surface area contributed by atoms with Crippen LogP contribution in [0.25, 0.3) is 22.6 Å². The highest BCUT2D eigenvalue weighted by atomic mass is 79.9. The lowest BCUT2D eigenvalue weighted by Crippen LogP contribution is -2.00. The van der Waals surface area contributed by atoms with Crippen LogP contribution in [-0.4, -0.2) is 9.97 Å². The number of nitrogen functional groups attached to an aromatic ring is 1. The average Bonchev–Trinajstić information content (AvgIpc) is 2.51. The van der Waals surface area contributed by atoms with Gasteiger partial charge in [-0.25, -0.2) is 9.97 Å². The van der Waals surface area contributed by atoms with Crippen molar-refractivity contribution in [2.24, 2.45) is 0 Å². The summed E-state index contributed by atoms with van der Waals surface area (Å²) in [6.07, 6.45) is 0. The van der Waals surface area contributed by atoms with E-state index in [4.69, 9.17) is 5.73 Å². The second-order valence-corrected chi connectivity index (χ2v) is 5.62. The number of aryl methyl sites for hydroxylation is 1. The Labute approximate surface area is 132 Å². The Hall–Kier alpha value is -2.20. The van der Waals surface area contributed by atoms with Crippen molar-refractivity contribution in [3.63, 3.8) is 0 Å². The van der Waals surface area contributed by atoms with Gasteiger partial charge in [0, 0.05) is 11.1 Å². The molecule has 0 atom stereocenters. The molecule has 3 aromatic rings. The predicted octanol–water partition coefficient (Wildman–Crippen LogP) is 4.46. The second kappa shape index (κ2) is 5.66. The van der Waals surface area contributed by atoms with Crippen LogP contribution in [0.4, 0.5) is 5.82 Å². The normalized spacial score (nSPS) is 10.6. The van der Waals surface area contributed by atoms with Gasteiger partial charge >= 0.3 is 0 Å². The van der Waals surface area contributed by atoms with E-state index in [-0.39, 0.29) is 0 Å². The van der Waals surface area contributed by atoms with E-state index < -0.39 is 0 Å². The summed E-state index contributed by atoms with van der Waals surface area (Å²) in [5.74, 6) is 1.08. The van der Waals surface area contributed by atoms with Gasteiger partial charge in [0.1, 0.15) is 5.82 Å². The van der Waals surface area contributed by atoms with E-state index in [0.29, 0.717) is 11.6 Å². The maximum atomic E-state index is 6.04. The number of anilines is 1. The van der Waals surface area contributed by atoms with Crippen LogP contribution in [0.3, 0.4) is 0 Å². The quantitative estimate of drug-likeness (QED) is 0.749. The lowest BCUT2D eigenvalue weighted by Gasteiger charge is -2.09. The number of halogens is 1. The maximum absolute atomic E-state index is 6.04. The largest absolute Gasteiger partial charge is 0.383 e.